The molecule has 2 amide bonds. The Kier molecular flexibility index (Phi) is 5.67. The Labute approximate surface area is 135 Å². The van der Waals surface area contributed by atoms with E-state index in [0.717, 1.165) is 5.56 Å². The molecule has 1 aromatic rings. The van der Waals surface area contributed by atoms with Crippen molar-refractivity contribution in [2.45, 2.75) is 26.3 Å². The van der Waals surface area contributed by atoms with Gasteiger partial charge >= 0.3 is 12.0 Å². The highest BCUT2D eigenvalue weighted by molar-refractivity contribution is 5.75. The molecule has 0 radical (unpaired) electrons. The fraction of sp³-hybridized carbons (Fsp3) is 0.500. The molecule has 7 heteroatoms. The van der Waals surface area contributed by atoms with E-state index in [9.17, 15) is 9.59 Å². The van der Waals surface area contributed by atoms with E-state index in [2.05, 4.69) is 10.6 Å². The first-order valence-corrected chi connectivity index (χ1v) is 7.63. The van der Waals surface area contributed by atoms with Gasteiger partial charge in [0.25, 0.3) is 0 Å². The predicted molar refractivity (Wildman–Crippen MR) is 83.8 cm³/mol. The van der Waals surface area contributed by atoms with Gasteiger partial charge in [0, 0.05) is 6.54 Å². The molecule has 0 saturated heterocycles. The molecule has 1 unspecified atom stereocenters. The molecule has 7 nitrogen and oxygen atoms in total. The normalized spacial score (nSPS) is 14.2. The van der Waals surface area contributed by atoms with Crippen molar-refractivity contribution in [2.75, 3.05) is 19.8 Å². The van der Waals surface area contributed by atoms with Crippen LogP contribution in [-0.4, -0.2) is 36.9 Å². The average molecular weight is 322 g/mol. The second-order valence-electron chi connectivity index (χ2n) is 5.67. The largest absolute Gasteiger partial charge is 0.486 e. The van der Waals surface area contributed by atoms with E-state index in [0.29, 0.717) is 24.7 Å². The number of carbonyl (C=O) groups is 2. The Balaban J connectivity index is 2.03. The molecule has 0 bridgehead atoms. The van der Waals surface area contributed by atoms with Crippen LogP contribution >= 0.6 is 0 Å². The molecule has 1 heterocycles. The molecule has 3 N–H and O–H groups in total. The number of carbonyl (C=O) groups excluding carboxylic acids is 1. The highest BCUT2D eigenvalue weighted by Gasteiger charge is 2.21. The third kappa shape index (κ3) is 4.77. The summed E-state index contributed by atoms with van der Waals surface area (Å²) in [6.07, 6.45) is -0.107. The number of carboxylic acid groups (broad SMARTS) is 1. The lowest BCUT2D eigenvalue weighted by Gasteiger charge is -2.25. The monoisotopic (exact) mass is 322 g/mol. The lowest BCUT2D eigenvalue weighted by Crippen LogP contribution is -2.40. The number of amides is 2. The number of ether oxygens (including phenoxy) is 2. The van der Waals surface area contributed by atoms with E-state index >= 15 is 0 Å². The van der Waals surface area contributed by atoms with Crippen molar-refractivity contribution < 1.29 is 24.2 Å². The molecule has 1 aliphatic rings. The molecule has 0 aliphatic carbocycles. The minimum atomic E-state index is -0.947. The number of hydrogen-bond donors (Lipinski definition) is 3. The summed E-state index contributed by atoms with van der Waals surface area (Å²) in [5.74, 6) is 0.584. The summed E-state index contributed by atoms with van der Waals surface area (Å²) < 4.78 is 11.1. The maximum atomic E-state index is 11.9. The highest BCUT2D eigenvalue weighted by atomic mass is 16.6. The first-order valence-electron chi connectivity index (χ1n) is 7.63. The number of hydrogen-bond acceptors (Lipinski definition) is 4. The second-order valence-corrected chi connectivity index (χ2v) is 5.67. The number of nitrogens with one attached hydrogen (secondary N) is 2. The first-order chi connectivity index (χ1) is 11.0. The summed E-state index contributed by atoms with van der Waals surface area (Å²) in [5, 5.41) is 14.0. The minimum absolute atomic E-state index is 0.0904. The van der Waals surface area contributed by atoms with E-state index in [1.807, 2.05) is 32.0 Å². The molecule has 1 atom stereocenters. The van der Waals surface area contributed by atoms with Crippen molar-refractivity contribution in [3.63, 3.8) is 0 Å². The molecular formula is C16H22N2O5. The van der Waals surface area contributed by atoms with Gasteiger partial charge in [-0.1, -0.05) is 19.9 Å². The Morgan fingerprint density at radius 3 is 2.57 bits per heavy atom. The van der Waals surface area contributed by atoms with Crippen LogP contribution in [0.3, 0.4) is 0 Å². The lowest BCUT2D eigenvalue weighted by molar-refractivity contribution is -0.136. The van der Waals surface area contributed by atoms with Crippen molar-refractivity contribution in [3.05, 3.63) is 23.8 Å². The zero-order valence-corrected chi connectivity index (χ0v) is 13.3. The van der Waals surface area contributed by atoms with Crippen molar-refractivity contribution in [1.29, 1.82) is 0 Å². The van der Waals surface area contributed by atoms with Gasteiger partial charge in [-0.2, -0.15) is 0 Å². The highest BCUT2D eigenvalue weighted by Crippen LogP contribution is 2.34. The zero-order valence-electron chi connectivity index (χ0n) is 13.3. The van der Waals surface area contributed by atoms with E-state index in [1.165, 1.54) is 0 Å². The molecule has 0 fully saturated rings. The third-order valence-corrected chi connectivity index (χ3v) is 3.50. The fourth-order valence-corrected chi connectivity index (χ4v) is 2.36. The summed E-state index contributed by atoms with van der Waals surface area (Å²) in [6, 6.07) is 5.01. The summed E-state index contributed by atoms with van der Waals surface area (Å²) >= 11 is 0. The smallest absolute Gasteiger partial charge is 0.315 e. The summed E-state index contributed by atoms with van der Waals surface area (Å²) in [4.78, 5) is 22.4. The van der Waals surface area contributed by atoms with Crippen LogP contribution in [0.5, 0.6) is 11.5 Å². The molecule has 0 saturated carbocycles. The van der Waals surface area contributed by atoms with Crippen LogP contribution in [0, 0.1) is 5.92 Å². The van der Waals surface area contributed by atoms with Gasteiger partial charge < -0.3 is 25.2 Å². The van der Waals surface area contributed by atoms with E-state index in [-0.39, 0.29) is 31.0 Å². The Bertz CT molecular complexity index is 574. The summed E-state index contributed by atoms with van der Waals surface area (Å²) in [6.45, 7) is 5.13. The van der Waals surface area contributed by atoms with Crippen LogP contribution in [0.4, 0.5) is 4.79 Å². The average Bonchev–Trinajstić information content (AvgIpc) is 2.51. The van der Waals surface area contributed by atoms with Gasteiger partial charge in [-0.15, -0.1) is 0 Å². The number of urea groups is 1. The number of benzene rings is 1. The van der Waals surface area contributed by atoms with E-state index < -0.39 is 5.97 Å². The molecule has 0 spiro atoms. The van der Waals surface area contributed by atoms with Crippen LogP contribution in [0.15, 0.2) is 18.2 Å². The third-order valence-electron chi connectivity index (χ3n) is 3.50. The van der Waals surface area contributed by atoms with Crippen LogP contribution in [-0.2, 0) is 4.79 Å². The van der Waals surface area contributed by atoms with Gasteiger partial charge in [0.1, 0.15) is 13.2 Å². The van der Waals surface area contributed by atoms with Crippen LogP contribution in [0.2, 0.25) is 0 Å². The number of rotatable bonds is 6. The SMILES string of the molecule is CC(C)C(NC(=O)NCCC(=O)O)c1ccc2c(c1)OCCO2. The Morgan fingerprint density at radius 1 is 1.22 bits per heavy atom. The Hall–Kier alpha value is -2.44. The van der Waals surface area contributed by atoms with Crippen molar-refractivity contribution >= 4 is 12.0 Å². The maximum absolute atomic E-state index is 11.9. The molecular weight excluding hydrogens is 300 g/mol. The zero-order chi connectivity index (χ0) is 16.8. The van der Waals surface area contributed by atoms with Crippen molar-refractivity contribution in [3.8, 4) is 11.5 Å². The molecule has 0 aromatic heterocycles. The van der Waals surface area contributed by atoms with Crippen molar-refractivity contribution in [1.82, 2.24) is 10.6 Å². The number of fused-ring (bicyclic) bond motifs is 1. The van der Waals surface area contributed by atoms with Gasteiger partial charge in [0.2, 0.25) is 0 Å². The van der Waals surface area contributed by atoms with Crippen molar-refractivity contribution in [2.24, 2.45) is 5.92 Å². The Morgan fingerprint density at radius 2 is 1.91 bits per heavy atom. The quantitative estimate of drug-likeness (QED) is 0.743. The van der Waals surface area contributed by atoms with Gasteiger partial charge in [-0.3, -0.25) is 4.79 Å². The predicted octanol–water partition coefficient (Wildman–Crippen LogP) is 1.93. The van der Waals surface area contributed by atoms with E-state index in [1.54, 1.807) is 0 Å². The maximum Gasteiger partial charge on any atom is 0.315 e. The van der Waals surface area contributed by atoms with Crippen LogP contribution in [0.1, 0.15) is 31.9 Å². The molecule has 1 aliphatic heterocycles. The first kappa shape index (κ1) is 16.9. The molecule has 2 rings (SSSR count). The van der Waals surface area contributed by atoms with Gasteiger partial charge in [-0.25, -0.2) is 4.79 Å². The summed E-state index contributed by atoms with van der Waals surface area (Å²) in [7, 11) is 0. The topological polar surface area (TPSA) is 96.9 Å². The lowest BCUT2D eigenvalue weighted by atomic mass is 9.95. The van der Waals surface area contributed by atoms with Crippen LogP contribution in [0.25, 0.3) is 0 Å². The number of carboxylic acids is 1. The van der Waals surface area contributed by atoms with Gasteiger partial charge in [0.05, 0.1) is 12.5 Å². The van der Waals surface area contributed by atoms with Gasteiger partial charge in [-0.05, 0) is 23.6 Å². The minimum Gasteiger partial charge on any atom is -0.486 e. The molecule has 126 valence electrons. The molecule has 1 aromatic carbocycles. The van der Waals surface area contributed by atoms with E-state index in [4.69, 9.17) is 14.6 Å². The number of aliphatic carboxylic acids is 1. The van der Waals surface area contributed by atoms with Gasteiger partial charge in [0.15, 0.2) is 11.5 Å². The molecule has 23 heavy (non-hydrogen) atoms. The van der Waals surface area contributed by atoms with Crippen LogP contribution < -0.4 is 20.1 Å². The standard InChI is InChI=1S/C16H22N2O5/c1-10(2)15(18-16(21)17-6-5-14(19)20)11-3-4-12-13(9-11)23-8-7-22-12/h3-4,9-10,15H,5-8H2,1-2H3,(H,19,20)(H2,17,18,21). The summed E-state index contributed by atoms with van der Waals surface area (Å²) in [5.41, 5.74) is 0.914. The fourth-order valence-electron chi connectivity index (χ4n) is 2.36. The second kappa shape index (κ2) is 7.71.